The van der Waals surface area contributed by atoms with Crippen LogP contribution in [0.2, 0.25) is 0 Å². The molecule has 7 heteroatoms. The van der Waals surface area contributed by atoms with Gasteiger partial charge in [-0.2, -0.15) is 0 Å². The number of nitrogens with two attached hydrogens (primary N) is 1. The number of carbonyl (C=O) groups is 1. The second-order valence-electron chi connectivity index (χ2n) is 4.04. The molecule has 0 fully saturated rings. The Morgan fingerprint density at radius 1 is 1.53 bits per heavy atom. The molecule has 2 aromatic rings. The Labute approximate surface area is 108 Å². The molecule has 0 spiro atoms. The van der Waals surface area contributed by atoms with Crippen LogP contribution in [0.3, 0.4) is 0 Å². The number of aromatic nitrogens is 3. The Hall–Kier alpha value is -2.70. The smallest absolute Gasteiger partial charge is 0.308 e. The standard InChI is InChI=1S/C12H12N4O3/c1-6-5-14-3-2-7(6)11-15-10(13)8(4-9(17)18)12(19)16-11/h2-3,5H,4H2,1H3,(H,17,18)(H3,13,15,16,19). The zero-order chi connectivity index (χ0) is 14.0. The third-order valence-corrected chi connectivity index (χ3v) is 2.65. The van der Waals surface area contributed by atoms with Crippen LogP contribution < -0.4 is 11.3 Å². The first kappa shape index (κ1) is 12.7. The zero-order valence-electron chi connectivity index (χ0n) is 10.2. The largest absolute Gasteiger partial charge is 0.481 e. The van der Waals surface area contributed by atoms with Gasteiger partial charge in [0, 0.05) is 18.0 Å². The molecule has 4 N–H and O–H groups in total. The van der Waals surface area contributed by atoms with Crippen molar-refractivity contribution in [3.8, 4) is 11.4 Å². The fraction of sp³-hybridized carbons (Fsp3) is 0.167. The summed E-state index contributed by atoms with van der Waals surface area (Å²) >= 11 is 0. The number of hydrogen-bond donors (Lipinski definition) is 3. The van der Waals surface area contributed by atoms with E-state index in [0.717, 1.165) is 5.56 Å². The van der Waals surface area contributed by atoms with E-state index >= 15 is 0 Å². The van der Waals surface area contributed by atoms with E-state index in [1.807, 2.05) is 6.92 Å². The minimum Gasteiger partial charge on any atom is -0.481 e. The van der Waals surface area contributed by atoms with Crippen LogP contribution in [0.5, 0.6) is 0 Å². The zero-order valence-corrected chi connectivity index (χ0v) is 10.2. The number of nitrogens with one attached hydrogen (secondary N) is 1. The van der Waals surface area contributed by atoms with Crippen molar-refractivity contribution in [3.63, 3.8) is 0 Å². The average Bonchev–Trinajstić information content (AvgIpc) is 2.34. The molecule has 19 heavy (non-hydrogen) atoms. The van der Waals surface area contributed by atoms with Crippen molar-refractivity contribution in [2.24, 2.45) is 0 Å². The maximum atomic E-state index is 11.8. The van der Waals surface area contributed by atoms with Crippen LogP contribution in [-0.2, 0) is 11.2 Å². The topological polar surface area (TPSA) is 122 Å². The third kappa shape index (κ3) is 2.59. The lowest BCUT2D eigenvalue weighted by Gasteiger charge is -2.07. The van der Waals surface area contributed by atoms with Crippen molar-refractivity contribution >= 4 is 11.8 Å². The summed E-state index contributed by atoms with van der Waals surface area (Å²) in [5, 5.41) is 8.70. The van der Waals surface area contributed by atoms with Gasteiger partial charge in [0.15, 0.2) is 0 Å². The number of anilines is 1. The Bertz CT molecular complexity index is 694. The molecule has 0 unspecified atom stereocenters. The highest BCUT2D eigenvalue weighted by Crippen LogP contribution is 2.18. The summed E-state index contributed by atoms with van der Waals surface area (Å²) in [5.74, 6) is -0.902. The number of aromatic amines is 1. The molecule has 0 saturated heterocycles. The van der Waals surface area contributed by atoms with E-state index in [2.05, 4.69) is 15.0 Å². The van der Waals surface area contributed by atoms with Crippen LogP contribution in [0.4, 0.5) is 5.82 Å². The van der Waals surface area contributed by atoms with Crippen molar-refractivity contribution in [3.05, 3.63) is 39.9 Å². The number of pyridine rings is 1. The number of nitrogens with zero attached hydrogens (tertiary/aromatic N) is 2. The number of aliphatic carboxylic acids is 1. The van der Waals surface area contributed by atoms with Gasteiger partial charge in [-0.25, -0.2) is 4.98 Å². The van der Waals surface area contributed by atoms with E-state index in [4.69, 9.17) is 10.8 Å². The summed E-state index contributed by atoms with van der Waals surface area (Å²) in [5.41, 5.74) is 6.59. The molecule has 0 radical (unpaired) electrons. The first-order valence-electron chi connectivity index (χ1n) is 5.50. The molecule has 2 heterocycles. The van der Waals surface area contributed by atoms with E-state index in [9.17, 15) is 9.59 Å². The van der Waals surface area contributed by atoms with Crippen molar-refractivity contribution in [2.45, 2.75) is 13.3 Å². The molecule has 0 bridgehead atoms. The number of nitrogen functional groups attached to an aromatic ring is 1. The lowest BCUT2D eigenvalue weighted by Crippen LogP contribution is -2.21. The van der Waals surface area contributed by atoms with Gasteiger partial charge in [-0.3, -0.25) is 14.6 Å². The van der Waals surface area contributed by atoms with Crippen molar-refractivity contribution < 1.29 is 9.90 Å². The average molecular weight is 260 g/mol. The van der Waals surface area contributed by atoms with Crippen LogP contribution in [0.25, 0.3) is 11.4 Å². The van der Waals surface area contributed by atoms with E-state index in [1.165, 1.54) is 0 Å². The highest BCUT2D eigenvalue weighted by Gasteiger charge is 2.14. The van der Waals surface area contributed by atoms with E-state index < -0.39 is 17.9 Å². The molecular weight excluding hydrogens is 248 g/mol. The Morgan fingerprint density at radius 2 is 2.26 bits per heavy atom. The quantitative estimate of drug-likeness (QED) is 0.731. The molecule has 0 aromatic carbocycles. The number of carboxylic acid groups (broad SMARTS) is 1. The first-order chi connectivity index (χ1) is 8.99. The molecule has 0 atom stereocenters. The molecule has 2 aromatic heterocycles. The normalized spacial score (nSPS) is 10.4. The number of aryl methyl sites for hydroxylation is 1. The van der Waals surface area contributed by atoms with Crippen LogP contribution in [0.15, 0.2) is 23.3 Å². The summed E-state index contributed by atoms with van der Waals surface area (Å²) in [4.78, 5) is 33.0. The lowest BCUT2D eigenvalue weighted by atomic mass is 10.1. The predicted molar refractivity (Wildman–Crippen MR) is 68.6 cm³/mol. The number of H-pyrrole nitrogens is 1. The van der Waals surface area contributed by atoms with Gasteiger partial charge < -0.3 is 15.8 Å². The maximum absolute atomic E-state index is 11.8. The van der Waals surface area contributed by atoms with Gasteiger partial charge in [0.25, 0.3) is 5.56 Å². The van der Waals surface area contributed by atoms with Crippen molar-refractivity contribution in [1.82, 2.24) is 15.0 Å². The number of hydrogen-bond acceptors (Lipinski definition) is 5. The fourth-order valence-electron chi connectivity index (χ4n) is 1.70. The van der Waals surface area contributed by atoms with Crippen molar-refractivity contribution in [1.29, 1.82) is 0 Å². The highest BCUT2D eigenvalue weighted by molar-refractivity contribution is 5.72. The number of carboxylic acids is 1. The van der Waals surface area contributed by atoms with E-state index in [0.29, 0.717) is 11.4 Å². The van der Waals surface area contributed by atoms with Gasteiger partial charge in [0.05, 0.1) is 12.0 Å². The second kappa shape index (κ2) is 4.89. The number of rotatable bonds is 3. The minimum absolute atomic E-state index is 0.0389. The van der Waals surface area contributed by atoms with E-state index in [-0.39, 0.29) is 11.4 Å². The summed E-state index contributed by atoms with van der Waals surface area (Å²) < 4.78 is 0. The van der Waals surface area contributed by atoms with Gasteiger partial charge in [0.1, 0.15) is 11.6 Å². The molecule has 0 amide bonds. The highest BCUT2D eigenvalue weighted by atomic mass is 16.4. The van der Waals surface area contributed by atoms with Crippen molar-refractivity contribution in [2.75, 3.05) is 5.73 Å². The minimum atomic E-state index is -1.13. The van der Waals surface area contributed by atoms with Crippen LogP contribution in [0.1, 0.15) is 11.1 Å². The van der Waals surface area contributed by atoms with Crippen LogP contribution in [-0.4, -0.2) is 26.0 Å². The summed E-state index contributed by atoms with van der Waals surface area (Å²) in [7, 11) is 0. The van der Waals surface area contributed by atoms with Gasteiger partial charge in [0.2, 0.25) is 0 Å². The molecular formula is C12H12N4O3. The molecule has 2 rings (SSSR count). The Kier molecular flexibility index (Phi) is 3.28. The SMILES string of the molecule is Cc1cnccc1-c1nc(N)c(CC(=O)O)c(=O)[nH]1. The van der Waals surface area contributed by atoms with Crippen LogP contribution >= 0.6 is 0 Å². The van der Waals surface area contributed by atoms with E-state index in [1.54, 1.807) is 18.5 Å². The molecule has 98 valence electrons. The predicted octanol–water partition coefficient (Wildman–Crippen LogP) is 0.350. The summed E-state index contributed by atoms with van der Waals surface area (Å²) in [6.45, 7) is 1.82. The Morgan fingerprint density at radius 3 is 2.84 bits per heavy atom. The second-order valence-corrected chi connectivity index (χ2v) is 4.04. The summed E-state index contributed by atoms with van der Waals surface area (Å²) in [6, 6.07) is 1.70. The molecule has 0 aliphatic carbocycles. The fourth-order valence-corrected chi connectivity index (χ4v) is 1.70. The van der Waals surface area contributed by atoms with Gasteiger partial charge in [-0.1, -0.05) is 0 Å². The Balaban J connectivity index is 2.55. The van der Waals surface area contributed by atoms with Gasteiger partial charge in [-0.05, 0) is 18.6 Å². The lowest BCUT2D eigenvalue weighted by molar-refractivity contribution is -0.136. The third-order valence-electron chi connectivity index (χ3n) is 2.65. The molecule has 0 aliphatic heterocycles. The molecule has 0 saturated carbocycles. The van der Waals surface area contributed by atoms with Crippen LogP contribution in [0, 0.1) is 6.92 Å². The molecule has 7 nitrogen and oxygen atoms in total. The maximum Gasteiger partial charge on any atom is 0.308 e. The van der Waals surface area contributed by atoms with Gasteiger partial charge >= 0.3 is 5.97 Å². The first-order valence-corrected chi connectivity index (χ1v) is 5.50. The monoisotopic (exact) mass is 260 g/mol. The van der Waals surface area contributed by atoms with Gasteiger partial charge in [-0.15, -0.1) is 0 Å². The molecule has 0 aliphatic rings. The summed E-state index contributed by atoms with van der Waals surface area (Å²) in [6.07, 6.45) is 2.75.